The van der Waals surface area contributed by atoms with Gasteiger partial charge in [-0.1, -0.05) is 27.7 Å². The molecule has 0 radical (unpaired) electrons. The van der Waals surface area contributed by atoms with E-state index in [4.69, 9.17) is 33.2 Å². The number of hydrogen-bond acceptors (Lipinski definition) is 17. The van der Waals surface area contributed by atoms with Gasteiger partial charge < -0.3 is 79.1 Å². The number of hydrogen-bond donors (Lipinski definition) is 10. The minimum atomic E-state index is -1.81. The first-order chi connectivity index (χ1) is 29.4. The van der Waals surface area contributed by atoms with Gasteiger partial charge in [0.15, 0.2) is 18.9 Å². The molecule has 0 bridgehead atoms. The van der Waals surface area contributed by atoms with Crippen molar-refractivity contribution in [2.24, 2.45) is 52.3 Å². The molecule has 9 fully saturated rings. The Balaban J connectivity index is 0.899. The molecule has 0 aromatic carbocycles. The van der Waals surface area contributed by atoms with E-state index < -0.39 is 105 Å². The molecule has 0 amide bonds. The minimum absolute atomic E-state index is 0.116. The van der Waals surface area contributed by atoms with Gasteiger partial charge in [0.2, 0.25) is 0 Å². The van der Waals surface area contributed by atoms with E-state index in [-0.39, 0.29) is 22.7 Å². The van der Waals surface area contributed by atoms with Gasteiger partial charge in [0, 0.05) is 12.5 Å². The van der Waals surface area contributed by atoms with E-state index in [2.05, 4.69) is 33.0 Å². The third kappa shape index (κ3) is 7.56. The molecular weight excluding hydrogens is 810 g/mol. The molecule has 62 heavy (non-hydrogen) atoms. The van der Waals surface area contributed by atoms with Crippen molar-refractivity contribution < 1.29 is 79.1 Å². The molecule has 9 aliphatic rings. The molecule has 4 saturated carbocycles. The predicted molar refractivity (Wildman–Crippen MR) is 216 cm³/mol. The Kier molecular flexibility index (Phi) is 13.1. The van der Waals surface area contributed by atoms with Crippen LogP contribution in [0.3, 0.4) is 0 Å². The lowest BCUT2D eigenvalue weighted by Crippen LogP contribution is -2.67. The average molecular weight is 886 g/mol. The van der Waals surface area contributed by atoms with Crippen LogP contribution in [0.2, 0.25) is 0 Å². The van der Waals surface area contributed by atoms with Crippen LogP contribution in [0.15, 0.2) is 0 Å². The maximum Gasteiger partial charge on any atom is 0.187 e. The lowest BCUT2D eigenvalue weighted by atomic mass is 9.44. The van der Waals surface area contributed by atoms with Crippen molar-refractivity contribution in [2.75, 3.05) is 19.8 Å². The third-order valence-electron chi connectivity index (χ3n) is 18.5. The van der Waals surface area contributed by atoms with Crippen LogP contribution in [0.5, 0.6) is 0 Å². The van der Waals surface area contributed by atoms with E-state index in [9.17, 15) is 46.0 Å². The zero-order valence-corrected chi connectivity index (χ0v) is 36.9. The minimum Gasteiger partial charge on any atom is -0.394 e. The van der Waals surface area contributed by atoms with Crippen molar-refractivity contribution in [2.45, 2.75) is 209 Å². The van der Waals surface area contributed by atoms with Crippen LogP contribution in [0.4, 0.5) is 0 Å². The van der Waals surface area contributed by atoms with Crippen LogP contribution in [-0.2, 0) is 33.2 Å². The lowest BCUT2D eigenvalue weighted by molar-refractivity contribution is -0.390. The number of ether oxygens (including phenoxy) is 7. The zero-order chi connectivity index (χ0) is 44.2. The second kappa shape index (κ2) is 17.4. The van der Waals surface area contributed by atoms with Crippen LogP contribution < -0.4 is 5.32 Å². The van der Waals surface area contributed by atoms with E-state index in [0.29, 0.717) is 47.5 Å². The molecule has 17 heteroatoms. The Bertz CT molecular complexity index is 1550. The fraction of sp³-hybridized carbons (Fsp3) is 1.00. The number of aliphatic hydroxyl groups is 9. The highest BCUT2D eigenvalue weighted by molar-refractivity contribution is 5.16. The van der Waals surface area contributed by atoms with Gasteiger partial charge in [0.1, 0.15) is 72.9 Å². The van der Waals surface area contributed by atoms with Gasteiger partial charge in [-0.3, -0.25) is 5.32 Å². The van der Waals surface area contributed by atoms with E-state index in [1.165, 1.54) is 26.2 Å². The predicted octanol–water partition coefficient (Wildman–Crippen LogP) is -0.133. The molecule has 0 aromatic rings. The molecule has 9 rings (SSSR count). The van der Waals surface area contributed by atoms with E-state index in [1.54, 1.807) is 0 Å². The van der Waals surface area contributed by atoms with Gasteiger partial charge in [0.25, 0.3) is 0 Å². The van der Waals surface area contributed by atoms with Crippen molar-refractivity contribution >= 4 is 0 Å². The van der Waals surface area contributed by atoms with Gasteiger partial charge in [-0.05, 0) is 117 Å². The normalized spacial score (nSPS) is 58.9. The number of nitrogens with one attached hydrogen (secondary N) is 1. The van der Waals surface area contributed by atoms with Crippen molar-refractivity contribution in [3.05, 3.63) is 0 Å². The van der Waals surface area contributed by atoms with E-state index >= 15 is 0 Å². The Morgan fingerprint density at radius 3 is 1.95 bits per heavy atom. The molecule has 27 atom stereocenters. The highest BCUT2D eigenvalue weighted by Crippen LogP contribution is 2.71. The zero-order valence-electron chi connectivity index (χ0n) is 36.9. The molecule has 4 aliphatic carbocycles. The fourth-order valence-electron chi connectivity index (χ4n) is 14.8. The van der Waals surface area contributed by atoms with Crippen molar-refractivity contribution in [1.82, 2.24) is 5.32 Å². The standard InChI is InChI=1S/C45H75NO16/c1-19-8-13-45(46-16-19)20(2)30-27(62-45)15-26-24-7-6-22-14-23(9-11-43(22,4)25(24)10-12-44(26,30)5)57-42-39(61-40-35(53)33(51)31(49)21(3)56-40)37(55)38(29(18-48)59-42)60-41-36(54)34(52)32(50)28(17-47)58-41/h19-42,46-55H,6-18H2,1-5H3/t19?,20-,21-,22?,23-,24?,25?,26?,27?,28+,29+,30?,31-,32+,33+,34-,35+,36+,37-,38+,39+,40-,41-,42+,43-,44-,45?/m0/s1. The van der Waals surface area contributed by atoms with Crippen LogP contribution in [-0.4, -0.2) is 176 Å². The van der Waals surface area contributed by atoms with E-state index in [1.807, 2.05) is 0 Å². The molecule has 5 saturated heterocycles. The summed E-state index contributed by atoms with van der Waals surface area (Å²) in [7, 11) is 0. The quantitative estimate of drug-likeness (QED) is 0.142. The van der Waals surface area contributed by atoms with Gasteiger partial charge in [-0.15, -0.1) is 0 Å². The SMILES string of the molecule is CC1CCC2(NC1)OC1CC3C4CCC5C[C@@H](O[C@@H]6O[C@H](CO)[C@@H](O[C@@H]7O[C@H](CO)[C@@H](O)[C@H](O)[C@H]7O)[C@H](O)[C@H]6O[C@@H]6O[C@@H](C)[C@H](O)[C@@H](O)[C@H]6O)CC[C@]5(C)C4CC[C@]3(C)C1[C@@H]2C. The van der Waals surface area contributed by atoms with Crippen molar-refractivity contribution in [3.8, 4) is 0 Å². The Morgan fingerprint density at radius 2 is 1.26 bits per heavy atom. The van der Waals surface area contributed by atoms with Crippen LogP contribution >= 0.6 is 0 Å². The molecule has 5 aliphatic heterocycles. The molecule has 0 aromatic heterocycles. The summed E-state index contributed by atoms with van der Waals surface area (Å²) in [5.41, 5.74) is 0.189. The molecular formula is C45H75NO16. The van der Waals surface area contributed by atoms with Gasteiger partial charge in [-0.25, -0.2) is 0 Å². The smallest absolute Gasteiger partial charge is 0.187 e. The summed E-state index contributed by atoms with van der Waals surface area (Å²) in [5.74, 6) is 3.97. The number of fused-ring (bicyclic) bond motifs is 7. The molecule has 10 N–H and O–H groups in total. The summed E-state index contributed by atoms with van der Waals surface area (Å²) < 4.78 is 43.6. The largest absolute Gasteiger partial charge is 0.394 e. The third-order valence-corrected chi connectivity index (χ3v) is 18.5. The monoisotopic (exact) mass is 886 g/mol. The van der Waals surface area contributed by atoms with Crippen LogP contribution in [0.25, 0.3) is 0 Å². The van der Waals surface area contributed by atoms with Crippen LogP contribution in [0.1, 0.15) is 98.8 Å². The highest BCUT2D eigenvalue weighted by atomic mass is 16.8. The molecule has 356 valence electrons. The Labute approximate surface area is 364 Å². The second-order valence-corrected chi connectivity index (χ2v) is 21.7. The van der Waals surface area contributed by atoms with Crippen molar-refractivity contribution in [3.63, 3.8) is 0 Å². The summed E-state index contributed by atoms with van der Waals surface area (Å²) in [4.78, 5) is 0. The Morgan fingerprint density at radius 1 is 0.597 bits per heavy atom. The topological polar surface area (TPSA) is 259 Å². The first kappa shape index (κ1) is 46.4. The summed E-state index contributed by atoms with van der Waals surface area (Å²) in [6.45, 7) is 11.0. The maximum atomic E-state index is 12.0. The van der Waals surface area contributed by atoms with E-state index in [0.717, 1.165) is 51.5 Å². The summed E-state index contributed by atoms with van der Waals surface area (Å²) in [5, 5.41) is 99.7. The molecule has 17 nitrogen and oxygen atoms in total. The van der Waals surface area contributed by atoms with Gasteiger partial charge in [0.05, 0.1) is 31.5 Å². The first-order valence-electron chi connectivity index (χ1n) is 23.8. The van der Waals surface area contributed by atoms with Crippen LogP contribution in [0, 0.1) is 52.3 Å². The number of piperidine rings is 1. The number of aliphatic hydroxyl groups excluding tert-OH is 9. The Hall–Kier alpha value is -0.680. The van der Waals surface area contributed by atoms with Crippen molar-refractivity contribution in [1.29, 1.82) is 0 Å². The summed E-state index contributed by atoms with van der Waals surface area (Å²) >= 11 is 0. The maximum absolute atomic E-state index is 12.0. The highest BCUT2D eigenvalue weighted by Gasteiger charge is 2.69. The second-order valence-electron chi connectivity index (χ2n) is 21.7. The molecule has 5 heterocycles. The fourth-order valence-corrected chi connectivity index (χ4v) is 14.8. The summed E-state index contributed by atoms with van der Waals surface area (Å²) in [6, 6.07) is 0. The first-order valence-corrected chi connectivity index (χ1v) is 23.8. The summed E-state index contributed by atoms with van der Waals surface area (Å²) in [6.07, 6.45) is -12.2. The van der Waals surface area contributed by atoms with Gasteiger partial charge >= 0.3 is 0 Å². The lowest BCUT2D eigenvalue weighted by Gasteiger charge is -2.61. The molecule has 1 spiro atoms. The average Bonchev–Trinajstić information content (AvgIpc) is 3.70. The van der Waals surface area contributed by atoms with Gasteiger partial charge in [-0.2, -0.15) is 0 Å². The molecule has 8 unspecified atom stereocenters. The number of rotatable bonds is 8.